The summed E-state index contributed by atoms with van der Waals surface area (Å²) < 4.78 is 31.8. The average Bonchev–Trinajstić information content (AvgIpc) is 2.72. The summed E-state index contributed by atoms with van der Waals surface area (Å²) in [7, 11) is 0. The van der Waals surface area contributed by atoms with Crippen molar-refractivity contribution in [3.05, 3.63) is 65.7 Å². The fourth-order valence-electron chi connectivity index (χ4n) is 3.11. The molecule has 1 aliphatic heterocycles. The normalized spacial score (nSPS) is 14.1. The van der Waals surface area contributed by atoms with E-state index in [0.29, 0.717) is 38.3 Å². The molecule has 1 aliphatic rings. The Morgan fingerprint density at radius 2 is 1.61 bits per heavy atom. The van der Waals surface area contributed by atoms with Crippen molar-refractivity contribution in [2.24, 2.45) is 0 Å². The largest absolute Gasteiger partial charge is 0.456 e. The van der Waals surface area contributed by atoms with Gasteiger partial charge in [-0.3, -0.25) is 9.59 Å². The van der Waals surface area contributed by atoms with E-state index in [-0.39, 0.29) is 30.6 Å². The number of amides is 1. The Hall–Kier alpha value is -2.96. The lowest BCUT2D eigenvalue weighted by molar-refractivity contribution is -0.152. The van der Waals surface area contributed by atoms with Gasteiger partial charge in [0.25, 0.3) is 5.91 Å². The molecule has 28 heavy (non-hydrogen) atoms. The summed E-state index contributed by atoms with van der Waals surface area (Å²) in [6.45, 7) is 1.62. The fourth-order valence-corrected chi connectivity index (χ4v) is 3.11. The van der Waals surface area contributed by atoms with Gasteiger partial charge in [0.2, 0.25) is 0 Å². The van der Waals surface area contributed by atoms with Crippen LogP contribution in [0.15, 0.2) is 48.5 Å². The Morgan fingerprint density at radius 1 is 0.929 bits per heavy atom. The van der Waals surface area contributed by atoms with Gasteiger partial charge in [-0.2, -0.15) is 0 Å². The van der Waals surface area contributed by atoms with Gasteiger partial charge in [-0.1, -0.05) is 24.3 Å². The second-order valence-corrected chi connectivity index (χ2v) is 6.61. The van der Waals surface area contributed by atoms with Crippen LogP contribution < -0.4 is 4.90 Å². The molecule has 0 aromatic heterocycles. The monoisotopic (exact) mass is 388 g/mol. The molecule has 0 N–H and O–H groups in total. The van der Waals surface area contributed by atoms with E-state index in [4.69, 9.17) is 4.74 Å². The minimum Gasteiger partial charge on any atom is -0.456 e. The van der Waals surface area contributed by atoms with Crippen molar-refractivity contribution in [1.29, 1.82) is 0 Å². The fraction of sp³-hybridized carbons (Fsp3) is 0.333. The molecule has 5 nitrogen and oxygen atoms in total. The first-order valence-electron chi connectivity index (χ1n) is 9.20. The lowest BCUT2D eigenvalue weighted by Gasteiger charge is -2.36. The summed E-state index contributed by atoms with van der Waals surface area (Å²) in [4.78, 5) is 27.6. The van der Waals surface area contributed by atoms with Gasteiger partial charge in [-0.05, 0) is 36.2 Å². The van der Waals surface area contributed by atoms with E-state index in [1.165, 1.54) is 18.2 Å². The maximum absolute atomic E-state index is 13.9. The second-order valence-electron chi connectivity index (χ2n) is 6.61. The highest BCUT2D eigenvalue weighted by atomic mass is 19.1. The number of anilines is 1. The molecular weight excluding hydrogens is 366 g/mol. The number of halogens is 2. The number of hydrogen-bond donors (Lipinski definition) is 0. The molecule has 0 aliphatic carbocycles. The molecule has 7 heteroatoms. The van der Waals surface area contributed by atoms with Crippen molar-refractivity contribution in [2.75, 3.05) is 37.7 Å². The summed E-state index contributed by atoms with van der Waals surface area (Å²) in [5, 5.41) is 0. The first-order chi connectivity index (χ1) is 13.5. The predicted molar refractivity (Wildman–Crippen MR) is 101 cm³/mol. The van der Waals surface area contributed by atoms with Gasteiger partial charge in [-0.15, -0.1) is 0 Å². The summed E-state index contributed by atoms with van der Waals surface area (Å²) >= 11 is 0. The number of piperazine rings is 1. The van der Waals surface area contributed by atoms with Gasteiger partial charge in [0.05, 0.1) is 5.69 Å². The molecule has 3 rings (SSSR count). The van der Waals surface area contributed by atoms with Crippen molar-refractivity contribution in [1.82, 2.24) is 4.90 Å². The number of rotatable bonds is 6. The van der Waals surface area contributed by atoms with Gasteiger partial charge in [-0.25, -0.2) is 8.78 Å². The van der Waals surface area contributed by atoms with Crippen LogP contribution in [0.1, 0.15) is 12.0 Å². The zero-order chi connectivity index (χ0) is 19.9. The highest BCUT2D eigenvalue weighted by molar-refractivity contribution is 5.81. The third-order valence-electron chi connectivity index (χ3n) is 4.71. The van der Waals surface area contributed by atoms with Gasteiger partial charge in [0.1, 0.15) is 11.6 Å². The van der Waals surface area contributed by atoms with Crippen LogP contribution in [-0.2, 0) is 20.7 Å². The van der Waals surface area contributed by atoms with E-state index in [1.807, 2.05) is 4.90 Å². The molecule has 0 atom stereocenters. The summed E-state index contributed by atoms with van der Waals surface area (Å²) in [5.74, 6) is -1.34. The first-order valence-corrected chi connectivity index (χ1v) is 9.20. The molecule has 0 saturated carbocycles. The van der Waals surface area contributed by atoms with Gasteiger partial charge in [0, 0.05) is 32.6 Å². The van der Waals surface area contributed by atoms with E-state index in [0.717, 1.165) is 5.56 Å². The third-order valence-corrected chi connectivity index (χ3v) is 4.71. The van der Waals surface area contributed by atoms with Crippen LogP contribution >= 0.6 is 0 Å². The molecule has 0 unspecified atom stereocenters. The number of nitrogens with zero attached hydrogens (tertiary/aromatic N) is 2. The molecule has 1 heterocycles. The van der Waals surface area contributed by atoms with Crippen LogP contribution in [0.4, 0.5) is 14.5 Å². The van der Waals surface area contributed by atoms with Crippen LogP contribution in [0, 0.1) is 11.6 Å². The number of ether oxygens (including phenoxy) is 1. The quantitative estimate of drug-likeness (QED) is 0.714. The van der Waals surface area contributed by atoms with Crippen molar-refractivity contribution < 1.29 is 23.1 Å². The highest BCUT2D eigenvalue weighted by Gasteiger charge is 2.23. The number of para-hydroxylation sites is 1. The van der Waals surface area contributed by atoms with Crippen molar-refractivity contribution in [3.63, 3.8) is 0 Å². The van der Waals surface area contributed by atoms with E-state index in [2.05, 4.69) is 0 Å². The zero-order valence-corrected chi connectivity index (χ0v) is 15.4. The molecule has 2 aromatic rings. The Bertz CT molecular complexity index is 819. The van der Waals surface area contributed by atoms with Crippen LogP contribution in [0.5, 0.6) is 0 Å². The van der Waals surface area contributed by atoms with Crippen LogP contribution in [-0.4, -0.2) is 49.6 Å². The Morgan fingerprint density at radius 3 is 2.29 bits per heavy atom. The van der Waals surface area contributed by atoms with Gasteiger partial charge >= 0.3 is 5.97 Å². The van der Waals surface area contributed by atoms with E-state index < -0.39 is 5.97 Å². The molecule has 0 spiro atoms. The average molecular weight is 388 g/mol. The molecule has 0 radical (unpaired) electrons. The van der Waals surface area contributed by atoms with E-state index >= 15 is 0 Å². The van der Waals surface area contributed by atoms with Crippen molar-refractivity contribution in [3.8, 4) is 0 Å². The molecule has 148 valence electrons. The van der Waals surface area contributed by atoms with Crippen LogP contribution in [0.25, 0.3) is 0 Å². The van der Waals surface area contributed by atoms with Gasteiger partial charge in [0.15, 0.2) is 6.61 Å². The molecule has 1 amide bonds. The van der Waals surface area contributed by atoms with Gasteiger partial charge < -0.3 is 14.5 Å². The minimum atomic E-state index is -0.470. The van der Waals surface area contributed by atoms with Crippen molar-refractivity contribution in [2.45, 2.75) is 12.8 Å². The summed E-state index contributed by atoms with van der Waals surface area (Å²) in [6, 6.07) is 12.5. The maximum Gasteiger partial charge on any atom is 0.306 e. The zero-order valence-electron chi connectivity index (χ0n) is 15.4. The number of carbonyl (C=O) groups excluding carboxylic acids is 2. The molecule has 1 saturated heterocycles. The Balaban J connectivity index is 1.39. The van der Waals surface area contributed by atoms with E-state index in [9.17, 15) is 18.4 Å². The number of hydrogen-bond acceptors (Lipinski definition) is 4. The number of benzene rings is 2. The summed E-state index contributed by atoms with van der Waals surface area (Å²) in [6.07, 6.45) is 0.550. The smallest absolute Gasteiger partial charge is 0.306 e. The second kappa shape index (κ2) is 9.30. The highest BCUT2D eigenvalue weighted by Crippen LogP contribution is 2.20. The molecular formula is C21H22F2N2O3. The SMILES string of the molecule is O=C(CCc1ccc(F)cc1)OCC(=O)N1CCN(c2ccccc2F)CC1. The predicted octanol–water partition coefficient (Wildman–Crippen LogP) is 2.79. The first kappa shape index (κ1) is 19.8. The lowest BCUT2D eigenvalue weighted by Crippen LogP contribution is -2.50. The maximum atomic E-state index is 13.9. The number of esters is 1. The Labute approximate surface area is 162 Å². The van der Waals surface area contributed by atoms with Crippen LogP contribution in [0.2, 0.25) is 0 Å². The number of aryl methyl sites for hydroxylation is 1. The topological polar surface area (TPSA) is 49.9 Å². The Kier molecular flexibility index (Phi) is 6.57. The minimum absolute atomic E-state index is 0.125. The van der Waals surface area contributed by atoms with E-state index in [1.54, 1.807) is 35.2 Å². The standard InChI is InChI=1S/C21H22F2N2O3/c22-17-8-5-16(6-9-17)7-10-21(27)28-15-20(26)25-13-11-24(12-14-25)19-4-2-1-3-18(19)23/h1-6,8-9H,7,10-15H2. The third kappa shape index (κ3) is 5.28. The van der Waals surface area contributed by atoms with Crippen LogP contribution in [0.3, 0.4) is 0 Å². The molecule has 0 bridgehead atoms. The molecule has 2 aromatic carbocycles. The number of carbonyl (C=O) groups is 2. The van der Waals surface area contributed by atoms with Crippen molar-refractivity contribution >= 4 is 17.6 Å². The molecule has 1 fully saturated rings. The lowest BCUT2D eigenvalue weighted by atomic mass is 10.1. The summed E-state index contributed by atoms with van der Waals surface area (Å²) in [5.41, 5.74) is 1.36.